The topological polar surface area (TPSA) is 64.5 Å². The molecule has 9 rings (SSSR count). The Morgan fingerprint density at radius 2 is 0.720 bits per heavy atom. The molecule has 0 spiro atoms. The van der Waals surface area contributed by atoms with Gasteiger partial charge in [0.05, 0.1) is 5.69 Å². The van der Waals surface area contributed by atoms with Crippen molar-refractivity contribution < 1.29 is 0 Å². The van der Waals surface area contributed by atoms with Gasteiger partial charge in [-0.25, -0.2) is 15.0 Å². The third-order valence-electron chi connectivity index (χ3n) is 9.11. The van der Waals surface area contributed by atoms with Gasteiger partial charge in [-0.05, 0) is 56.4 Å². The first-order valence-corrected chi connectivity index (χ1v) is 16.6. The van der Waals surface area contributed by atoms with E-state index in [0.717, 1.165) is 66.2 Å². The fraction of sp³-hybridized carbons (Fsp3) is 0. The minimum absolute atomic E-state index is 0.624. The average molecular weight is 640 g/mol. The molecule has 0 saturated carbocycles. The van der Waals surface area contributed by atoms with Crippen LogP contribution in [-0.2, 0) is 0 Å². The van der Waals surface area contributed by atoms with Gasteiger partial charge in [0, 0.05) is 46.4 Å². The summed E-state index contributed by atoms with van der Waals surface area (Å²) in [5, 5.41) is 4.27. The van der Waals surface area contributed by atoms with E-state index in [4.69, 9.17) is 19.9 Å². The van der Waals surface area contributed by atoms with Crippen LogP contribution in [0.4, 0.5) is 0 Å². The number of rotatable bonds is 6. The lowest BCUT2D eigenvalue weighted by atomic mass is 9.89. The Morgan fingerprint density at radius 1 is 0.300 bits per heavy atom. The second kappa shape index (κ2) is 12.6. The summed E-state index contributed by atoms with van der Waals surface area (Å²) < 4.78 is 0. The molecule has 0 saturated heterocycles. The van der Waals surface area contributed by atoms with Gasteiger partial charge in [0.2, 0.25) is 0 Å². The van der Waals surface area contributed by atoms with Crippen LogP contribution in [0, 0.1) is 0 Å². The Hall–Kier alpha value is -6.85. The second-order valence-electron chi connectivity index (χ2n) is 12.1. The molecule has 3 aromatic heterocycles. The van der Waals surface area contributed by atoms with Crippen molar-refractivity contribution in [2.24, 2.45) is 0 Å². The quantitative estimate of drug-likeness (QED) is 0.169. The van der Waals surface area contributed by atoms with Crippen molar-refractivity contribution in [3.63, 3.8) is 0 Å². The van der Waals surface area contributed by atoms with Crippen LogP contribution in [0.3, 0.4) is 0 Å². The number of nitrogens with zero attached hydrogens (tertiary/aromatic N) is 5. The molecule has 0 atom stereocenters. The van der Waals surface area contributed by atoms with Gasteiger partial charge >= 0.3 is 0 Å². The highest BCUT2D eigenvalue weighted by Gasteiger charge is 2.21. The number of hydrogen-bond donors (Lipinski definition) is 0. The Kier molecular flexibility index (Phi) is 7.41. The summed E-state index contributed by atoms with van der Waals surface area (Å²) >= 11 is 0. The largest absolute Gasteiger partial charge is 0.265 e. The summed E-state index contributed by atoms with van der Waals surface area (Å²) in [5.41, 5.74) is 9.24. The molecule has 6 aromatic carbocycles. The molecule has 0 unspecified atom stereocenters. The van der Waals surface area contributed by atoms with Crippen LogP contribution >= 0.6 is 0 Å². The van der Waals surface area contributed by atoms with E-state index in [-0.39, 0.29) is 0 Å². The van der Waals surface area contributed by atoms with E-state index in [1.165, 1.54) is 5.56 Å². The van der Waals surface area contributed by atoms with E-state index in [0.29, 0.717) is 17.5 Å². The molecule has 0 bridgehead atoms. The highest BCUT2D eigenvalue weighted by Crippen LogP contribution is 2.43. The van der Waals surface area contributed by atoms with Gasteiger partial charge in [-0.2, -0.15) is 0 Å². The van der Waals surface area contributed by atoms with Crippen LogP contribution in [0.2, 0.25) is 0 Å². The van der Waals surface area contributed by atoms with Gasteiger partial charge in [-0.1, -0.05) is 140 Å². The van der Waals surface area contributed by atoms with Gasteiger partial charge in [0.15, 0.2) is 17.5 Å². The monoisotopic (exact) mass is 639 g/mol. The highest BCUT2D eigenvalue weighted by atomic mass is 15.0. The molecule has 9 aromatic rings. The minimum atomic E-state index is 0.624. The van der Waals surface area contributed by atoms with Gasteiger partial charge in [-0.15, -0.1) is 0 Å². The SMILES string of the molecule is c1ccc(-c2ccc(-c3nc(-c4ccccc4)nc(-c4c5ccccc5c(-c5ccc(-c6ccncc6)cn5)c5ccccc45)n3)cc2)cc1. The predicted molar refractivity (Wildman–Crippen MR) is 203 cm³/mol. The minimum Gasteiger partial charge on any atom is -0.265 e. The zero-order chi connectivity index (χ0) is 33.3. The van der Waals surface area contributed by atoms with Crippen molar-refractivity contribution in [1.29, 1.82) is 0 Å². The van der Waals surface area contributed by atoms with E-state index in [1.807, 2.05) is 54.7 Å². The van der Waals surface area contributed by atoms with Crippen LogP contribution in [0.15, 0.2) is 176 Å². The lowest BCUT2D eigenvalue weighted by Crippen LogP contribution is -2.01. The predicted octanol–water partition coefficient (Wildman–Crippen LogP) is 11.0. The molecule has 5 heteroatoms. The fourth-order valence-corrected chi connectivity index (χ4v) is 6.68. The number of hydrogen-bond acceptors (Lipinski definition) is 5. The molecule has 3 heterocycles. The third kappa shape index (κ3) is 5.37. The van der Waals surface area contributed by atoms with Crippen molar-refractivity contribution in [1.82, 2.24) is 24.9 Å². The average Bonchev–Trinajstić information content (AvgIpc) is 3.21. The van der Waals surface area contributed by atoms with Gasteiger partial charge in [-0.3, -0.25) is 9.97 Å². The van der Waals surface area contributed by atoms with E-state index in [1.54, 1.807) is 12.4 Å². The lowest BCUT2D eigenvalue weighted by Gasteiger charge is -2.17. The zero-order valence-electron chi connectivity index (χ0n) is 27.0. The molecule has 0 aliphatic carbocycles. The Bertz CT molecular complexity index is 2550. The Balaban J connectivity index is 1.25. The molecule has 50 heavy (non-hydrogen) atoms. The van der Waals surface area contributed by atoms with E-state index in [2.05, 4.69) is 114 Å². The maximum atomic E-state index is 5.21. The summed E-state index contributed by atoms with van der Waals surface area (Å²) in [6.45, 7) is 0. The van der Waals surface area contributed by atoms with Crippen molar-refractivity contribution in [3.8, 4) is 67.7 Å². The molecule has 0 aliphatic rings. The van der Waals surface area contributed by atoms with Crippen LogP contribution in [0.5, 0.6) is 0 Å². The summed E-state index contributed by atoms with van der Waals surface area (Å²) in [6.07, 6.45) is 5.55. The fourth-order valence-electron chi connectivity index (χ4n) is 6.68. The molecule has 0 radical (unpaired) electrons. The standard InChI is InChI=1S/C45H29N5/c1-3-11-30(12-4-1)31-19-21-34(22-20-31)44-48-43(33-13-5-2-6-14-33)49-45(50-44)42-38-17-9-7-15-36(38)41(37-16-8-10-18-39(37)42)40-24-23-35(29-47-40)32-25-27-46-28-26-32/h1-29H. The van der Waals surface area contributed by atoms with Crippen molar-refractivity contribution in [2.45, 2.75) is 0 Å². The molecular weight excluding hydrogens is 611 g/mol. The van der Waals surface area contributed by atoms with Crippen LogP contribution in [-0.4, -0.2) is 24.9 Å². The first kappa shape index (κ1) is 29.3. The number of fused-ring (bicyclic) bond motifs is 2. The van der Waals surface area contributed by atoms with Crippen LogP contribution in [0.25, 0.3) is 89.2 Å². The Morgan fingerprint density at radius 3 is 1.28 bits per heavy atom. The molecule has 0 N–H and O–H groups in total. The zero-order valence-corrected chi connectivity index (χ0v) is 27.0. The second-order valence-corrected chi connectivity index (χ2v) is 12.1. The van der Waals surface area contributed by atoms with Crippen molar-refractivity contribution >= 4 is 21.5 Å². The normalized spacial score (nSPS) is 11.2. The maximum absolute atomic E-state index is 5.21. The first-order chi connectivity index (χ1) is 24.8. The molecule has 0 amide bonds. The first-order valence-electron chi connectivity index (χ1n) is 16.6. The third-order valence-corrected chi connectivity index (χ3v) is 9.11. The summed E-state index contributed by atoms with van der Waals surface area (Å²) in [6, 6.07) is 54.2. The molecule has 0 aliphatic heterocycles. The van der Waals surface area contributed by atoms with Gasteiger partial charge < -0.3 is 0 Å². The number of pyridine rings is 2. The van der Waals surface area contributed by atoms with E-state index in [9.17, 15) is 0 Å². The van der Waals surface area contributed by atoms with Gasteiger partial charge in [0.1, 0.15) is 0 Å². The number of benzene rings is 6. The van der Waals surface area contributed by atoms with Gasteiger partial charge in [0.25, 0.3) is 0 Å². The van der Waals surface area contributed by atoms with Crippen LogP contribution < -0.4 is 0 Å². The van der Waals surface area contributed by atoms with E-state index < -0.39 is 0 Å². The summed E-state index contributed by atoms with van der Waals surface area (Å²) in [4.78, 5) is 24.6. The number of aromatic nitrogens is 5. The summed E-state index contributed by atoms with van der Waals surface area (Å²) in [7, 11) is 0. The molecule has 0 fully saturated rings. The van der Waals surface area contributed by atoms with E-state index >= 15 is 0 Å². The lowest BCUT2D eigenvalue weighted by molar-refractivity contribution is 1.08. The maximum Gasteiger partial charge on any atom is 0.165 e. The summed E-state index contributed by atoms with van der Waals surface area (Å²) in [5.74, 6) is 1.88. The van der Waals surface area contributed by atoms with Crippen LogP contribution in [0.1, 0.15) is 0 Å². The molecule has 5 nitrogen and oxygen atoms in total. The molecule has 234 valence electrons. The van der Waals surface area contributed by atoms with Crippen molar-refractivity contribution in [3.05, 3.63) is 176 Å². The highest BCUT2D eigenvalue weighted by molar-refractivity contribution is 6.20. The smallest absolute Gasteiger partial charge is 0.165 e. The van der Waals surface area contributed by atoms with Crippen molar-refractivity contribution in [2.75, 3.05) is 0 Å². The Labute approximate surface area is 289 Å². The molecular formula is C45H29N5.